The Bertz CT molecular complexity index is 145. The van der Waals surface area contributed by atoms with Gasteiger partial charge in [0.05, 0.1) is 12.1 Å². The molecule has 0 saturated heterocycles. The Hall–Kier alpha value is 0.0700. The molecule has 1 rings (SSSR count). The van der Waals surface area contributed by atoms with Crippen LogP contribution in [0, 0.1) is 0 Å². The number of hydrogen-bond donors (Lipinski definition) is 2. The summed E-state index contributed by atoms with van der Waals surface area (Å²) in [6.45, 7) is 0. The van der Waals surface area contributed by atoms with E-state index in [0.717, 1.165) is 0 Å². The smallest absolute Gasteiger partial charge is 0.265 e. The summed E-state index contributed by atoms with van der Waals surface area (Å²) in [6, 6.07) is -1.37. The van der Waals surface area contributed by atoms with E-state index in [2.05, 4.69) is 0 Å². The van der Waals surface area contributed by atoms with Crippen LogP contribution in [0.4, 0.5) is 8.78 Å². The Balaban J connectivity index is 0.00000121. The lowest BCUT2D eigenvalue weighted by molar-refractivity contribution is -0.0630. The number of rotatable bonds is 0. The van der Waals surface area contributed by atoms with Gasteiger partial charge in [-0.1, -0.05) is 6.42 Å². The van der Waals surface area contributed by atoms with Crippen molar-refractivity contribution in [3.8, 4) is 0 Å². The highest BCUT2D eigenvalue weighted by molar-refractivity contribution is 5.85. The Morgan fingerprint density at radius 1 is 1.33 bits per heavy atom. The van der Waals surface area contributed by atoms with Crippen LogP contribution in [0.25, 0.3) is 0 Å². The van der Waals surface area contributed by atoms with E-state index >= 15 is 0 Å². The highest BCUT2D eigenvalue weighted by Gasteiger charge is 2.42. The Morgan fingerprint density at radius 3 is 2.50 bits per heavy atom. The first-order chi connectivity index (χ1) is 5.04. The second-order valence-corrected chi connectivity index (χ2v) is 3.10. The topological polar surface area (TPSA) is 46.2 Å². The van der Waals surface area contributed by atoms with Gasteiger partial charge in [-0.05, 0) is 12.8 Å². The third-order valence-corrected chi connectivity index (χ3v) is 2.16. The third-order valence-electron chi connectivity index (χ3n) is 2.16. The molecule has 0 bridgehead atoms. The summed E-state index contributed by atoms with van der Waals surface area (Å²) in [6.07, 6.45) is 0.275. The van der Waals surface area contributed by atoms with Crippen LogP contribution in [-0.4, -0.2) is 23.2 Å². The molecule has 74 valence electrons. The highest BCUT2D eigenvalue weighted by atomic mass is 35.5. The average molecular weight is 202 g/mol. The first-order valence-electron chi connectivity index (χ1n) is 3.85. The minimum atomic E-state index is -2.88. The van der Waals surface area contributed by atoms with Gasteiger partial charge in [0.25, 0.3) is 5.92 Å². The zero-order chi connectivity index (χ0) is 8.48. The van der Waals surface area contributed by atoms with E-state index in [-0.39, 0.29) is 18.8 Å². The summed E-state index contributed by atoms with van der Waals surface area (Å²) >= 11 is 0. The first-order valence-corrected chi connectivity index (χ1v) is 3.85. The summed E-state index contributed by atoms with van der Waals surface area (Å²) in [7, 11) is 0. The van der Waals surface area contributed by atoms with Crippen LogP contribution in [0.5, 0.6) is 0 Å². The predicted molar refractivity (Wildman–Crippen MR) is 44.6 cm³/mol. The van der Waals surface area contributed by atoms with E-state index in [0.29, 0.717) is 19.3 Å². The van der Waals surface area contributed by atoms with E-state index in [1.165, 1.54) is 0 Å². The van der Waals surface area contributed by atoms with Crippen LogP contribution >= 0.6 is 12.4 Å². The molecule has 2 atom stereocenters. The largest absolute Gasteiger partial charge is 0.391 e. The normalized spacial score (nSPS) is 35.0. The molecular formula is C7H14ClF2NO. The molecule has 1 fully saturated rings. The number of alkyl halides is 2. The van der Waals surface area contributed by atoms with E-state index in [9.17, 15) is 8.78 Å². The third kappa shape index (κ3) is 2.54. The molecule has 2 nitrogen and oxygen atoms in total. The Labute approximate surface area is 76.5 Å². The number of halogens is 3. The number of aliphatic hydroxyl groups excluding tert-OH is 1. The molecule has 5 heteroatoms. The van der Waals surface area contributed by atoms with Crippen LogP contribution in [-0.2, 0) is 0 Å². The van der Waals surface area contributed by atoms with E-state index < -0.39 is 18.1 Å². The molecule has 3 N–H and O–H groups in total. The minimum absolute atomic E-state index is 0. The molecule has 0 aromatic carbocycles. The number of nitrogens with two attached hydrogens (primary N) is 1. The van der Waals surface area contributed by atoms with Gasteiger partial charge in [0.1, 0.15) is 0 Å². The molecule has 1 aliphatic carbocycles. The first kappa shape index (κ1) is 12.1. The van der Waals surface area contributed by atoms with Gasteiger partial charge in [-0.2, -0.15) is 0 Å². The second kappa shape index (κ2) is 4.35. The van der Waals surface area contributed by atoms with Gasteiger partial charge in [0.15, 0.2) is 0 Å². The summed E-state index contributed by atoms with van der Waals surface area (Å²) in [5.74, 6) is -2.88. The van der Waals surface area contributed by atoms with E-state index in [4.69, 9.17) is 10.8 Å². The fourth-order valence-corrected chi connectivity index (χ4v) is 1.34. The molecule has 0 unspecified atom stereocenters. The minimum Gasteiger partial charge on any atom is -0.391 e. The number of aliphatic hydroxyl groups is 1. The van der Waals surface area contributed by atoms with Crippen LogP contribution in [0.15, 0.2) is 0 Å². The molecule has 1 aliphatic rings. The van der Waals surface area contributed by atoms with Gasteiger partial charge in [-0.25, -0.2) is 8.78 Å². The molecule has 0 aromatic rings. The molecule has 0 aromatic heterocycles. The molecule has 0 aliphatic heterocycles. The molecule has 0 heterocycles. The highest BCUT2D eigenvalue weighted by Crippen LogP contribution is 2.30. The lowest BCUT2D eigenvalue weighted by atomic mass is 10.0. The van der Waals surface area contributed by atoms with Crippen molar-refractivity contribution in [2.24, 2.45) is 5.73 Å². The molecule has 1 saturated carbocycles. The fraction of sp³-hybridized carbons (Fsp3) is 1.00. The maximum Gasteiger partial charge on any atom is 0.265 e. The summed E-state index contributed by atoms with van der Waals surface area (Å²) in [5.41, 5.74) is 5.16. The van der Waals surface area contributed by atoms with Crippen LogP contribution in [0.1, 0.15) is 25.7 Å². The van der Waals surface area contributed by atoms with Gasteiger partial charge in [0, 0.05) is 6.42 Å². The summed E-state index contributed by atoms with van der Waals surface area (Å²) < 4.78 is 25.6. The Kier molecular flexibility index (Phi) is 4.37. The quantitative estimate of drug-likeness (QED) is 0.581. The zero-order valence-electron chi connectivity index (χ0n) is 6.67. The Morgan fingerprint density at radius 2 is 1.92 bits per heavy atom. The number of hydrogen-bond acceptors (Lipinski definition) is 2. The van der Waals surface area contributed by atoms with Gasteiger partial charge in [-0.3, -0.25) is 0 Å². The summed E-state index contributed by atoms with van der Waals surface area (Å²) in [5, 5.41) is 9.09. The van der Waals surface area contributed by atoms with E-state index in [1.54, 1.807) is 0 Å². The lowest BCUT2D eigenvalue weighted by Gasteiger charge is -2.23. The van der Waals surface area contributed by atoms with Crippen molar-refractivity contribution >= 4 is 12.4 Å². The fourth-order valence-electron chi connectivity index (χ4n) is 1.34. The monoisotopic (exact) mass is 201 g/mol. The van der Waals surface area contributed by atoms with Crippen molar-refractivity contribution in [3.63, 3.8) is 0 Å². The standard InChI is InChI=1S/C7H13F2NO.ClH/c8-7(9)4-2-1-3-5(11)6(7)10;/h5-6,11H,1-4,10H2;1H/t5-,6-;/m0./s1. The van der Waals surface area contributed by atoms with Crippen molar-refractivity contribution in [1.29, 1.82) is 0 Å². The molecule has 0 spiro atoms. The van der Waals surface area contributed by atoms with Crippen molar-refractivity contribution in [3.05, 3.63) is 0 Å². The zero-order valence-corrected chi connectivity index (χ0v) is 7.49. The van der Waals surface area contributed by atoms with Crippen molar-refractivity contribution in [2.45, 2.75) is 43.8 Å². The summed E-state index contributed by atoms with van der Waals surface area (Å²) in [4.78, 5) is 0. The van der Waals surface area contributed by atoms with E-state index in [1.807, 2.05) is 0 Å². The second-order valence-electron chi connectivity index (χ2n) is 3.10. The molecule has 0 amide bonds. The van der Waals surface area contributed by atoms with Crippen molar-refractivity contribution < 1.29 is 13.9 Å². The van der Waals surface area contributed by atoms with Crippen molar-refractivity contribution in [2.75, 3.05) is 0 Å². The van der Waals surface area contributed by atoms with Crippen LogP contribution in [0.3, 0.4) is 0 Å². The average Bonchev–Trinajstić information content (AvgIpc) is 2.03. The predicted octanol–water partition coefficient (Wildman–Crippen LogP) is 1.31. The van der Waals surface area contributed by atoms with Gasteiger partial charge in [0.2, 0.25) is 0 Å². The molecule has 12 heavy (non-hydrogen) atoms. The van der Waals surface area contributed by atoms with Crippen LogP contribution < -0.4 is 5.73 Å². The maximum absolute atomic E-state index is 12.8. The van der Waals surface area contributed by atoms with Gasteiger partial charge in [-0.15, -0.1) is 12.4 Å². The van der Waals surface area contributed by atoms with Crippen molar-refractivity contribution in [1.82, 2.24) is 0 Å². The molecular weight excluding hydrogens is 188 g/mol. The van der Waals surface area contributed by atoms with Gasteiger partial charge >= 0.3 is 0 Å². The molecule has 0 radical (unpaired) electrons. The maximum atomic E-state index is 12.8. The van der Waals surface area contributed by atoms with Crippen LogP contribution in [0.2, 0.25) is 0 Å². The van der Waals surface area contributed by atoms with Gasteiger partial charge < -0.3 is 10.8 Å². The SMILES string of the molecule is Cl.N[C@H]1[C@@H](O)CCCCC1(F)F. The lowest BCUT2D eigenvalue weighted by Crippen LogP contribution is -2.48.